The van der Waals surface area contributed by atoms with Gasteiger partial charge in [0.2, 0.25) is 0 Å². The number of unbranched alkanes of at least 4 members (excludes halogenated alkanes) is 1. The maximum atomic E-state index is 4.10. The highest BCUT2D eigenvalue weighted by Crippen LogP contribution is 2.42. The van der Waals surface area contributed by atoms with Crippen molar-refractivity contribution < 1.29 is 0 Å². The molecule has 0 saturated carbocycles. The lowest BCUT2D eigenvalue weighted by molar-refractivity contribution is 0.507. The van der Waals surface area contributed by atoms with Gasteiger partial charge in [-0.1, -0.05) is 112 Å². The molecule has 0 aliphatic carbocycles. The third kappa shape index (κ3) is 2.80. The molecule has 0 saturated heterocycles. The van der Waals surface area contributed by atoms with Gasteiger partial charge >= 0.3 is 0 Å². The van der Waals surface area contributed by atoms with Crippen LogP contribution in [-0.2, 0) is 5.41 Å². The van der Waals surface area contributed by atoms with Crippen LogP contribution in [-0.4, -0.2) is 0 Å². The van der Waals surface area contributed by atoms with Crippen molar-refractivity contribution in [2.24, 2.45) is 0 Å². The molecular weight excluding hydrogens is 312 g/mol. The largest absolute Gasteiger partial charge is 0.0616 e. The highest BCUT2D eigenvalue weighted by atomic mass is 14.3. The van der Waals surface area contributed by atoms with Crippen LogP contribution in [0.5, 0.6) is 0 Å². The Balaban J connectivity index is 2.02. The van der Waals surface area contributed by atoms with Crippen molar-refractivity contribution in [1.29, 1.82) is 0 Å². The molecule has 0 aliphatic heterocycles. The zero-order valence-corrected chi connectivity index (χ0v) is 15.4. The molecule has 0 unspecified atom stereocenters. The minimum Gasteiger partial charge on any atom is -0.0616 e. The quantitative estimate of drug-likeness (QED) is 0.358. The van der Waals surface area contributed by atoms with Gasteiger partial charge in [0.25, 0.3) is 0 Å². The Bertz CT molecular complexity index is 952. The standard InChI is InChI=1S/C26H25/c1-3-4-19-26(2,24-17-9-13-20-11-5-7-15-22(20)24)25-18-10-14-21-12-6-8-16-23(21)25/h5-18H,1,3-4,19H2,2H3. The molecule has 0 atom stereocenters. The summed E-state index contributed by atoms with van der Waals surface area (Å²) in [6, 6.07) is 30.9. The van der Waals surface area contributed by atoms with Crippen LogP contribution in [0.4, 0.5) is 0 Å². The summed E-state index contributed by atoms with van der Waals surface area (Å²) in [5, 5.41) is 5.33. The van der Waals surface area contributed by atoms with Gasteiger partial charge in [-0.2, -0.15) is 0 Å². The minimum absolute atomic E-state index is 0.0422. The second-order valence-electron chi connectivity index (χ2n) is 7.34. The topological polar surface area (TPSA) is 0 Å². The molecule has 4 rings (SSSR count). The van der Waals surface area contributed by atoms with E-state index in [0.717, 1.165) is 19.3 Å². The first-order valence-electron chi connectivity index (χ1n) is 9.50. The molecule has 129 valence electrons. The average molecular weight is 337 g/mol. The van der Waals surface area contributed by atoms with Crippen molar-refractivity contribution >= 4 is 21.5 Å². The van der Waals surface area contributed by atoms with E-state index in [9.17, 15) is 0 Å². The number of hydrogen-bond acceptors (Lipinski definition) is 0. The second kappa shape index (κ2) is 6.96. The molecule has 0 aliphatic rings. The molecule has 0 aromatic heterocycles. The lowest BCUT2D eigenvalue weighted by atomic mass is 9.70. The Morgan fingerprint density at radius 3 is 1.62 bits per heavy atom. The van der Waals surface area contributed by atoms with Crippen LogP contribution in [0.15, 0.2) is 84.9 Å². The SMILES string of the molecule is [CH2]CCCC(C)(c1cccc2ccccc12)c1cccc2ccccc12. The molecule has 26 heavy (non-hydrogen) atoms. The smallest absolute Gasteiger partial charge is 0.0187 e. The monoisotopic (exact) mass is 337 g/mol. The van der Waals surface area contributed by atoms with E-state index >= 15 is 0 Å². The molecule has 4 aromatic carbocycles. The molecule has 0 nitrogen and oxygen atoms in total. The van der Waals surface area contributed by atoms with E-state index in [0.29, 0.717) is 0 Å². The van der Waals surface area contributed by atoms with E-state index in [1.165, 1.54) is 32.7 Å². The highest BCUT2D eigenvalue weighted by Gasteiger charge is 2.31. The fraction of sp³-hybridized carbons (Fsp3) is 0.192. The summed E-state index contributed by atoms with van der Waals surface area (Å²) in [5.41, 5.74) is 2.79. The summed E-state index contributed by atoms with van der Waals surface area (Å²) in [7, 11) is 0. The van der Waals surface area contributed by atoms with E-state index in [2.05, 4.69) is 98.8 Å². The summed E-state index contributed by atoms with van der Waals surface area (Å²) < 4.78 is 0. The molecule has 0 heterocycles. The van der Waals surface area contributed by atoms with Gasteiger partial charge in [-0.25, -0.2) is 0 Å². The third-order valence-corrected chi connectivity index (χ3v) is 5.69. The zero-order valence-electron chi connectivity index (χ0n) is 15.4. The van der Waals surface area contributed by atoms with E-state index < -0.39 is 0 Å². The van der Waals surface area contributed by atoms with Crippen molar-refractivity contribution in [3.63, 3.8) is 0 Å². The second-order valence-corrected chi connectivity index (χ2v) is 7.34. The fourth-order valence-corrected chi connectivity index (χ4v) is 4.31. The minimum atomic E-state index is -0.0422. The van der Waals surface area contributed by atoms with Gasteiger partial charge in [0, 0.05) is 5.41 Å². The van der Waals surface area contributed by atoms with Crippen LogP contribution in [0.3, 0.4) is 0 Å². The Kier molecular flexibility index (Phi) is 4.51. The maximum absolute atomic E-state index is 4.10. The Morgan fingerprint density at radius 2 is 1.12 bits per heavy atom. The zero-order chi connectivity index (χ0) is 18.0. The van der Waals surface area contributed by atoms with Crippen molar-refractivity contribution in [2.75, 3.05) is 0 Å². The van der Waals surface area contributed by atoms with Gasteiger partial charge in [0.05, 0.1) is 0 Å². The van der Waals surface area contributed by atoms with Crippen LogP contribution in [0.25, 0.3) is 21.5 Å². The normalized spacial score (nSPS) is 11.9. The van der Waals surface area contributed by atoms with Crippen LogP contribution in [0, 0.1) is 6.92 Å². The molecule has 0 N–H and O–H groups in total. The number of rotatable bonds is 5. The van der Waals surface area contributed by atoms with Crippen LogP contribution >= 0.6 is 0 Å². The first-order valence-corrected chi connectivity index (χ1v) is 9.50. The van der Waals surface area contributed by atoms with Crippen LogP contribution < -0.4 is 0 Å². The first-order chi connectivity index (χ1) is 12.7. The van der Waals surface area contributed by atoms with Gasteiger partial charge in [0.1, 0.15) is 0 Å². The van der Waals surface area contributed by atoms with E-state index in [-0.39, 0.29) is 5.41 Å². The summed E-state index contributed by atoms with van der Waals surface area (Å²) in [5.74, 6) is 0. The van der Waals surface area contributed by atoms with Gasteiger partial charge < -0.3 is 0 Å². The lowest BCUT2D eigenvalue weighted by Crippen LogP contribution is -2.24. The lowest BCUT2D eigenvalue weighted by Gasteiger charge is -2.33. The molecule has 1 radical (unpaired) electrons. The molecular formula is C26H25. The number of fused-ring (bicyclic) bond motifs is 2. The van der Waals surface area contributed by atoms with Gasteiger partial charge in [-0.15, -0.1) is 0 Å². The summed E-state index contributed by atoms with van der Waals surface area (Å²) in [6.45, 7) is 6.51. The van der Waals surface area contributed by atoms with Gasteiger partial charge in [-0.05, 0) is 39.1 Å². The summed E-state index contributed by atoms with van der Waals surface area (Å²) >= 11 is 0. The van der Waals surface area contributed by atoms with Gasteiger partial charge in [0.15, 0.2) is 0 Å². The first kappa shape index (κ1) is 16.8. The Labute approximate surface area is 156 Å². The predicted octanol–water partition coefficient (Wildman–Crippen LogP) is 7.30. The Morgan fingerprint density at radius 1 is 0.654 bits per heavy atom. The Hall–Kier alpha value is -2.60. The van der Waals surface area contributed by atoms with Crippen molar-refractivity contribution in [1.82, 2.24) is 0 Å². The molecule has 0 bridgehead atoms. The maximum Gasteiger partial charge on any atom is 0.0187 e. The third-order valence-electron chi connectivity index (χ3n) is 5.69. The van der Waals surface area contributed by atoms with E-state index in [4.69, 9.17) is 0 Å². The van der Waals surface area contributed by atoms with Crippen LogP contribution in [0.1, 0.15) is 37.3 Å². The molecule has 0 fully saturated rings. The van der Waals surface area contributed by atoms with Crippen molar-refractivity contribution in [2.45, 2.75) is 31.6 Å². The molecule has 4 aromatic rings. The number of benzene rings is 4. The fourth-order valence-electron chi connectivity index (χ4n) is 4.31. The molecule has 0 amide bonds. The van der Waals surface area contributed by atoms with Gasteiger partial charge in [-0.3, -0.25) is 0 Å². The van der Waals surface area contributed by atoms with Crippen LogP contribution in [0.2, 0.25) is 0 Å². The predicted molar refractivity (Wildman–Crippen MR) is 114 cm³/mol. The van der Waals surface area contributed by atoms with E-state index in [1.54, 1.807) is 0 Å². The number of hydrogen-bond donors (Lipinski definition) is 0. The highest BCUT2D eigenvalue weighted by molar-refractivity contribution is 5.91. The summed E-state index contributed by atoms with van der Waals surface area (Å²) in [6.07, 6.45) is 3.17. The molecule has 0 heteroatoms. The summed E-state index contributed by atoms with van der Waals surface area (Å²) in [4.78, 5) is 0. The van der Waals surface area contributed by atoms with Crippen molar-refractivity contribution in [3.05, 3.63) is 103 Å². The van der Waals surface area contributed by atoms with Crippen molar-refractivity contribution in [3.8, 4) is 0 Å². The van der Waals surface area contributed by atoms with E-state index in [1.807, 2.05) is 0 Å². The average Bonchev–Trinajstić information content (AvgIpc) is 2.71. The molecule has 0 spiro atoms.